The second-order valence-electron chi connectivity index (χ2n) is 10.5. The number of carbonyl (C=O) groups excluding carboxylic acids is 1. The molecule has 35 heavy (non-hydrogen) atoms. The predicted octanol–water partition coefficient (Wildman–Crippen LogP) is 7.19. The number of carboxylic acids is 1. The van der Waals surface area contributed by atoms with E-state index in [1.807, 2.05) is 18.2 Å². The number of Topliss-reactive ketones (excluding diaryl/α,β-unsaturated/α-hetero) is 1. The van der Waals surface area contributed by atoms with Gasteiger partial charge < -0.3 is 10.1 Å². The number of aromatic amines is 1. The number of H-pyrrole nitrogens is 1. The Morgan fingerprint density at radius 2 is 1.51 bits per heavy atom. The zero-order valence-electron chi connectivity index (χ0n) is 21.2. The van der Waals surface area contributed by atoms with Crippen LogP contribution in [0.25, 0.3) is 22.2 Å². The van der Waals surface area contributed by atoms with Crippen molar-refractivity contribution in [1.82, 2.24) is 4.98 Å². The van der Waals surface area contributed by atoms with Crippen LogP contribution in [0.1, 0.15) is 65.4 Å². The van der Waals surface area contributed by atoms with Gasteiger partial charge in [-0.25, -0.2) is 0 Å². The number of aromatic nitrogens is 1. The molecule has 3 aromatic carbocycles. The van der Waals surface area contributed by atoms with Crippen LogP contribution in [-0.2, 0) is 23.1 Å². The van der Waals surface area contributed by atoms with Crippen LogP contribution in [-0.4, -0.2) is 21.8 Å². The summed E-state index contributed by atoms with van der Waals surface area (Å²) >= 11 is 0. The first-order chi connectivity index (χ1) is 16.5. The summed E-state index contributed by atoms with van der Waals surface area (Å²) in [6, 6.07) is 20.4. The van der Waals surface area contributed by atoms with Crippen LogP contribution in [0.3, 0.4) is 0 Å². The molecule has 4 rings (SSSR count). The Balaban J connectivity index is 1.57. The van der Waals surface area contributed by atoms with E-state index in [1.165, 1.54) is 5.56 Å². The first kappa shape index (κ1) is 24.5. The average molecular weight is 468 g/mol. The van der Waals surface area contributed by atoms with E-state index in [0.29, 0.717) is 18.4 Å². The highest BCUT2D eigenvalue weighted by Gasteiger charge is 2.15. The number of aliphatic carboxylic acids is 1. The molecule has 0 aliphatic heterocycles. The summed E-state index contributed by atoms with van der Waals surface area (Å²) < 4.78 is 0. The van der Waals surface area contributed by atoms with E-state index in [2.05, 4.69) is 82.1 Å². The van der Waals surface area contributed by atoms with Crippen LogP contribution >= 0.6 is 0 Å². The highest BCUT2D eigenvalue weighted by atomic mass is 16.4. The fourth-order valence-electron chi connectivity index (χ4n) is 4.72. The lowest BCUT2D eigenvalue weighted by Gasteiger charge is -2.19. The second kappa shape index (κ2) is 9.53. The molecule has 0 atom stereocenters. The molecule has 0 aliphatic rings. The fourth-order valence-corrected chi connectivity index (χ4v) is 4.72. The number of rotatable bonds is 7. The fraction of sp³-hybridized carbons (Fsp3) is 0.290. The van der Waals surface area contributed by atoms with Gasteiger partial charge in [-0.3, -0.25) is 9.59 Å². The van der Waals surface area contributed by atoms with Gasteiger partial charge in [0.05, 0.1) is 0 Å². The van der Waals surface area contributed by atoms with E-state index < -0.39 is 5.97 Å². The number of benzene rings is 3. The lowest BCUT2D eigenvalue weighted by atomic mass is 9.86. The molecule has 0 unspecified atom stereocenters. The summed E-state index contributed by atoms with van der Waals surface area (Å²) in [5.74, 6) is -0.686. The quantitative estimate of drug-likeness (QED) is 0.283. The number of ketones is 1. The highest BCUT2D eigenvalue weighted by molar-refractivity contribution is 6.01. The number of hydrogen-bond acceptors (Lipinski definition) is 2. The Kier molecular flexibility index (Phi) is 6.66. The van der Waals surface area contributed by atoms with Gasteiger partial charge in [0.15, 0.2) is 5.78 Å². The van der Waals surface area contributed by atoms with Crippen LogP contribution in [0.5, 0.6) is 0 Å². The first-order valence-corrected chi connectivity index (χ1v) is 12.1. The predicted molar refractivity (Wildman–Crippen MR) is 142 cm³/mol. The Morgan fingerprint density at radius 1 is 0.857 bits per heavy atom. The van der Waals surface area contributed by atoms with Crippen molar-refractivity contribution >= 4 is 22.7 Å². The van der Waals surface area contributed by atoms with Crippen LogP contribution in [0.4, 0.5) is 0 Å². The molecular weight excluding hydrogens is 434 g/mol. The molecule has 4 nitrogen and oxygen atoms in total. The molecule has 0 amide bonds. The SMILES string of the molecule is Cc1cc(CCC(=O)O)cc(C)c1-c1cc2ccc(C(=O)Cc3ccc(C(C)(C)C)cc3)cc2[nH]1. The Bertz CT molecular complexity index is 1380. The van der Waals surface area contributed by atoms with Gasteiger partial charge in [0.2, 0.25) is 0 Å². The van der Waals surface area contributed by atoms with E-state index in [-0.39, 0.29) is 17.6 Å². The van der Waals surface area contributed by atoms with Gasteiger partial charge in [-0.15, -0.1) is 0 Å². The molecule has 0 aliphatic carbocycles. The Labute approximate surface area is 207 Å². The maximum absolute atomic E-state index is 13.0. The van der Waals surface area contributed by atoms with Crippen molar-refractivity contribution in [3.63, 3.8) is 0 Å². The lowest BCUT2D eigenvalue weighted by molar-refractivity contribution is -0.136. The second-order valence-corrected chi connectivity index (χ2v) is 10.5. The van der Waals surface area contributed by atoms with Crippen molar-refractivity contribution in [3.8, 4) is 11.3 Å². The standard InChI is InChI=1S/C31H33NO3/c1-19-14-22(8-13-29(34)35)15-20(2)30(19)27-17-23-9-10-24(18-26(23)32-27)28(33)16-21-6-11-25(12-7-21)31(3,4)5/h6-7,9-12,14-15,17-18,32H,8,13,16H2,1-5H3,(H,34,35). The zero-order valence-corrected chi connectivity index (χ0v) is 21.2. The van der Waals surface area contributed by atoms with Crippen LogP contribution < -0.4 is 0 Å². The summed E-state index contributed by atoms with van der Waals surface area (Å²) in [5.41, 5.74) is 9.36. The summed E-state index contributed by atoms with van der Waals surface area (Å²) in [6.07, 6.45) is 1.02. The van der Waals surface area contributed by atoms with E-state index >= 15 is 0 Å². The van der Waals surface area contributed by atoms with E-state index in [0.717, 1.165) is 44.4 Å². The van der Waals surface area contributed by atoms with Crippen molar-refractivity contribution in [2.45, 2.75) is 59.3 Å². The van der Waals surface area contributed by atoms with Crippen molar-refractivity contribution in [3.05, 3.63) is 94.0 Å². The molecular formula is C31H33NO3. The third kappa shape index (κ3) is 5.54. The molecule has 0 fully saturated rings. The molecule has 0 spiro atoms. The van der Waals surface area contributed by atoms with Gasteiger partial charge in [-0.1, -0.05) is 69.3 Å². The molecule has 180 valence electrons. The molecule has 1 heterocycles. The van der Waals surface area contributed by atoms with Crippen LogP contribution in [0.15, 0.2) is 60.7 Å². The lowest BCUT2D eigenvalue weighted by Crippen LogP contribution is -2.11. The maximum Gasteiger partial charge on any atom is 0.303 e. The van der Waals surface area contributed by atoms with Gasteiger partial charge in [-0.2, -0.15) is 0 Å². The number of nitrogens with one attached hydrogen (secondary N) is 1. The summed E-state index contributed by atoms with van der Waals surface area (Å²) in [7, 11) is 0. The summed E-state index contributed by atoms with van der Waals surface area (Å²) in [6.45, 7) is 10.7. The Morgan fingerprint density at radius 3 is 2.11 bits per heavy atom. The number of fused-ring (bicyclic) bond motifs is 1. The molecule has 0 saturated heterocycles. The first-order valence-electron chi connectivity index (χ1n) is 12.1. The van der Waals surface area contributed by atoms with E-state index in [9.17, 15) is 9.59 Å². The van der Waals surface area contributed by atoms with Gasteiger partial charge >= 0.3 is 5.97 Å². The number of carbonyl (C=O) groups is 2. The topological polar surface area (TPSA) is 70.2 Å². The largest absolute Gasteiger partial charge is 0.481 e. The van der Waals surface area contributed by atoms with Crippen molar-refractivity contribution in [2.24, 2.45) is 0 Å². The molecule has 2 N–H and O–H groups in total. The van der Waals surface area contributed by atoms with E-state index in [4.69, 9.17) is 5.11 Å². The van der Waals surface area contributed by atoms with Crippen molar-refractivity contribution < 1.29 is 14.7 Å². The molecule has 0 radical (unpaired) electrons. The molecule has 4 heteroatoms. The third-order valence-corrected chi connectivity index (χ3v) is 6.62. The normalized spacial score (nSPS) is 11.7. The Hall–Kier alpha value is -3.66. The van der Waals surface area contributed by atoms with Gasteiger partial charge in [0.1, 0.15) is 0 Å². The van der Waals surface area contributed by atoms with Crippen molar-refractivity contribution in [2.75, 3.05) is 0 Å². The number of hydrogen-bond donors (Lipinski definition) is 2. The highest BCUT2D eigenvalue weighted by Crippen LogP contribution is 2.31. The van der Waals surface area contributed by atoms with E-state index in [1.54, 1.807) is 0 Å². The molecule has 0 saturated carbocycles. The number of aryl methyl sites for hydroxylation is 3. The number of carboxylic acid groups (broad SMARTS) is 1. The minimum Gasteiger partial charge on any atom is -0.481 e. The smallest absolute Gasteiger partial charge is 0.303 e. The zero-order chi connectivity index (χ0) is 25.3. The summed E-state index contributed by atoms with van der Waals surface area (Å²) in [4.78, 5) is 27.4. The minimum atomic E-state index is -0.785. The average Bonchev–Trinajstić information content (AvgIpc) is 3.19. The van der Waals surface area contributed by atoms with Gasteiger partial charge in [0, 0.05) is 40.6 Å². The summed E-state index contributed by atoms with van der Waals surface area (Å²) in [5, 5.41) is 10.0. The molecule has 4 aromatic rings. The molecule has 1 aromatic heterocycles. The van der Waals surface area contributed by atoms with Crippen LogP contribution in [0, 0.1) is 13.8 Å². The monoisotopic (exact) mass is 467 g/mol. The molecule has 0 bridgehead atoms. The van der Waals surface area contributed by atoms with Gasteiger partial charge in [-0.05, 0) is 65.6 Å². The maximum atomic E-state index is 13.0. The minimum absolute atomic E-state index is 0.0917. The van der Waals surface area contributed by atoms with Crippen LogP contribution in [0.2, 0.25) is 0 Å². The van der Waals surface area contributed by atoms with Crippen molar-refractivity contribution in [1.29, 1.82) is 0 Å². The third-order valence-electron chi connectivity index (χ3n) is 6.62. The van der Waals surface area contributed by atoms with Gasteiger partial charge in [0.25, 0.3) is 0 Å².